The highest BCUT2D eigenvalue weighted by Gasteiger charge is 2.21. The average molecular weight is 702 g/mol. The molecule has 13 nitrogen and oxygen atoms in total. The van der Waals surface area contributed by atoms with E-state index >= 15 is 0 Å². The maximum Gasteiger partial charge on any atom is 0.407 e. The number of rotatable bonds is 15. The smallest absolute Gasteiger partial charge is 0.407 e. The van der Waals surface area contributed by atoms with Crippen LogP contribution in [-0.4, -0.2) is 61.8 Å². The van der Waals surface area contributed by atoms with Crippen LogP contribution < -0.4 is 21.7 Å². The summed E-state index contributed by atoms with van der Waals surface area (Å²) in [6.07, 6.45) is -0.259. The molecule has 0 bridgehead atoms. The van der Waals surface area contributed by atoms with Crippen LogP contribution in [0.5, 0.6) is 0 Å². The standard InChI is InChI=1S/C36H39N5O8S/c1-3-50(47,48)31-17-16-30(21-28(31)22-38-36(46)49-23-25-8-5-4-6-9-25)40-35(45)41(2)19-18-24-12-14-26(15-13-24)32(34(43)44)39-29-11-7-10-27(20-29)33(37)42/h4-17,20-21,32,39H,3,18-19,22-23H2,1-2H3,(H2,37,42)(H,38,46)(H,40,45)(H,43,44). The third-order valence-electron chi connectivity index (χ3n) is 7.76. The molecule has 4 aromatic rings. The minimum Gasteiger partial charge on any atom is -0.479 e. The van der Waals surface area contributed by atoms with Crippen LogP contribution in [0, 0.1) is 0 Å². The summed E-state index contributed by atoms with van der Waals surface area (Å²) in [6.45, 7) is 1.74. The first-order chi connectivity index (χ1) is 23.9. The summed E-state index contributed by atoms with van der Waals surface area (Å²) in [7, 11) is -2.03. The van der Waals surface area contributed by atoms with Crippen molar-refractivity contribution in [3.05, 3.63) is 125 Å². The number of carboxylic acid groups (broad SMARTS) is 1. The van der Waals surface area contributed by atoms with Crippen LogP contribution >= 0.6 is 0 Å². The molecule has 0 radical (unpaired) electrons. The summed E-state index contributed by atoms with van der Waals surface area (Å²) in [5, 5.41) is 18.1. The Morgan fingerprint density at radius 3 is 2.26 bits per heavy atom. The number of amides is 4. The Morgan fingerprint density at radius 1 is 0.880 bits per heavy atom. The first-order valence-electron chi connectivity index (χ1n) is 15.7. The number of nitrogens with zero attached hydrogens (tertiary/aromatic N) is 1. The molecule has 0 fully saturated rings. The second kappa shape index (κ2) is 17.0. The van der Waals surface area contributed by atoms with Crippen molar-refractivity contribution in [2.45, 2.75) is 37.4 Å². The minimum absolute atomic E-state index is 0.0395. The number of carboxylic acids is 1. The number of primary amides is 1. The lowest BCUT2D eigenvalue weighted by molar-refractivity contribution is -0.138. The molecule has 14 heteroatoms. The number of aliphatic carboxylic acids is 1. The zero-order valence-corrected chi connectivity index (χ0v) is 28.4. The molecule has 1 unspecified atom stereocenters. The largest absolute Gasteiger partial charge is 0.479 e. The van der Waals surface area contributed by atoms with E-state index in [2.05, 4.69) is 16.0 Å². The summed E-state index contributed by atoms with van der Waals surface area (Å²) in [6, 6.07) is 25.1. The average Bonchev–Trinajstić information content (AvgIpc) is 3.11. The highest BCUT2D eigenvalue weighted by atomic mass is 32.2. The Bertz CT molecular complexity index is 1940. The van der Waals surface area contributed by atoms with Crippen LogP contribution in [0.4, 0.5) is 21.0 Å². The van der Waals surface area contributed by atoms with Crippen LogP contribution in [0.1, 0.15) is 45.6 Å². The lowest BCUT2D eigenvalue weighted by Gasteiger charge is -2.20. The molecular weight excluding hydrogens is 662 g/mol. The van der Waals surface area contributed by atoms with Gasteiger partial charge in [-0.2, -0.15) is 0 Å². The topological polar surface area (TPSA) is 197 Å². The Kier molecular flexibility index (Phi) is 12.5. The predicted octanol–water partition coefficient (Wildman–Crippen LogP) is 4.95. The minimum atomic E-state index is -3.64. The number of nitrogens with one attached hydrogen (secondary N) is 3. The summed E-state index contributed by atoms with van der Waals surface area (Å²) in [5.41, 5.74) is 8.78. The van der Waals surface area contributed by atoms with Crippen LogP contribution in [0.15, 0.2) is 102 Å². The number of hydrogen-bond donors (Lipinski definition) is 5. The van der Waals surface area contributed by atoms with Crippen molar-refractivity contribution < 1.29 is 37.4 Å². The summed E-state index contributed by atoms with van der Waals surface area (Å²) < 4.78 is 30.8. The zero-order chi connectivity index (χ0) is 36.3. The number of carbonyl (C=O) groups is 4. The molecule has 4 rings (SSSR count). The Hall–Kier alpha value is -5.89. The first kappa shape index (κ1) is 36.9. The number of anilines is 2. The van der Waals surface area contributed by atoms with Crippen LogP contribution in [0.2, 0.25) is 0 Å². The third kappa shape index (κ3) is 10.3. The van der Waals surface area contributed by atoms with E-state index in [0.29, 0.717) is 35.5 Å². The second-order valence-corrected chi connectivity index (χ2v) is 13.6. The van der Waals surface area contributed by atoms with Gasteiger partial charge in [0, 0.05) is 37.1 Å². The Morgan fingerprint density at radius 2 is 1.60 bits per heavy atom. The molecule has 1 atom stereocenters. The number of alkyl carbamates (subject to hydrolysis) is 1. The van der Waals surface area contributed by atoms with E-state index in [1.165, 1.54) is 42.2 Å². The van der Waals surface area contributed by atoms with Crippen molar-refractivity contribution in [2.24, 2.45) is 5.73 Å². The molecule has 0 spiro atoms. The second-order valence-electron chi connectivity index (χ2n) is 11.3. The molecule has 0 aromatic heterocycles. The molecule has 0 saturated carbocycles. The van der Waals surface area contributed by atoms with Crippen LogP contribution in [0.25, 0.3) is 0 Å². The van der Waals surface area contributed by atoms with Crippen LogP contribution in [-0.2, 0) is 38.9 Å². The number of sulfone groups is 1. The molecule has 262 valence electrons. The molecule has 0 aliphatic rings. The van der Waals surface area contributed by atoms with E-state index in [1.807, 2.05) is 30.3 Å². The number of urea groups is 1. The Balaban J connectivity index is 1.35. The number of benzene rings is 4. The van der Waals surface area contributed by atoms with Gasteiger partial charge in [0.05, 0.1) is 10.6 Å². The predicted molar refractivity (Wildman–Crippen MR) is 188 cm³/mol. The van der Waals surface area contributed by atoms with E-state index in [9.17, 15) is 32.7 Å². The van der Waals surface area contributed by atoms with E-state index in [-0.39, 0.29) is 29.4 Å². The number of hydrogen-bond acceptors (Lipinski definition) is 8. The molecule has 0 heterocycles. The van der Waals surface area contributed by atoms with Gasteiger partial charge in [-0.3, -0.25) is 4.79 Å². The number of ether oxygens (including phenoxy) is 1. The number of nitrogens with two attached hydrogens (primary N) is 1. The monoisotopic (exact) mass is 701 g/mol. The molecular formula is C36H39N5O8S. The van der Waals surface area contributed by atoms with Crippen molar-refractivity contribution in [2.75, 3.05) is 30.0 Å². The van der Waals surface area contributed by atoms with Gasteiger partial charge in [-0.05, 0) is 65.1 Å². The first-order valence-corrected chi connectivity index (χ1v) is 17.3. The summed E-state index contributed by atoms with van der Waals surface area (Å²) in [4.78, 5) is 50.4. The highest BCUT2D eigenvalue weighted by Crippen LogP contribution is 2.24. The lowest BCUT2D eigenvalue weighted by atomic mass is 10.0. The molecule has 0 aliphatic carbocycles. The third-order valence-corrected chi connectivity index (χ3v) is 9.59. The van der Waals surface area contributed by atoms with Gasteiger partial charge in [0.25, 0.3) is 0 Å². The quantitative estimate of drug-likeness (QED) is 0.114. The number of carbonyl (C=O) groups excluding carboxylic acids is 3. The SMILES string of the molecule is CCS(=O)(=O)c1ccc(NC(=O)N(C)CCc2ccc(C(Nc3cccc(C(N)=O)c3)C(=O)O)cc2)cc1CNC(=O)OCc1ccccc1. The van der Waals surface area contributed by atoms with E-state index in [4.69, 9.17) is 10.5 Å². The van der Waals surface area contributed by atoms with Crippen molar-refractivity contribution in [3.8, 4) is 0 Å². The normalized spacial score (nSPS) is 11.6. The summed E-state index contributed by atoms with van der Waals surface area (Å²) in [5.74, 6) is -1.88. The van der Waals surface area contributed by atoms with E-state index in [0.717, 1.165) is 11.1 Å². The molecule has 6 N–H and O–H groups in total. The fourth-order valence-electron chi connectivity index (χ4n) is 4.91. The zero-order valence-electron chi connectivity index (χ0n) is 27.6. The Labute approximate surface area is 290 Å². The summed E-state index contributed by atoms with van der Waals surface area (Å²) >= 11 is 0. The molecule has 0 saturated heterocycles. The van der Waals surface area contributed by atoms with Gasteiger partial charge in [0.15, 0.2) is 15.9 Å². The van der Waals surface area contributed by atoms with E-state index < -0.39 is 39.9 Å². The van der Waals surface area contributed by atoms with Gasteiger partial charge in [-0.15, -0.1) is 0 Å². The number of likely N-dealkylation sites (N-methyl/N-ethyl adjacent to an activating group) is 1. The lowest BCUT2D eigenvalue weighted by Crippen LogP contribution is -2.33. The van der Waals surface area contributed by atoms with Gasteiger partial charge in [0.1, 0.15) is 6.61 Å². The van der Waals surface area contributed by atoms with Crippen LogP contribution in [0.3, 0.4) is 0 Å². The fourth-order valence-corrected chi connectivity index (χ4v) is 6.02. The molecule has 4 amide bonds. The van der Waals surface area contributed by atoms with Crippen molar-refractivity contribution in [1.29, 1.82) is 0 Å². The van der Waals surface area contributed by atoms with Gasteiger partial charge in [0.2, 0.25) is 5.91 Å². The molecule has 4 aromatic carbocycles. The van der Waals surface area contributed by atoms with Crippen molar-refractivity contribution in [3.63, 3.8) is 0 Å². The van der Waals surface area contributed by atoms with Gasteiger partial charge < -0.3 is 36.4 Å². The van der Waals surface area contributed by atoms with Gasteiger partial charge >= 0.3 is 18.1 Å². The maximum atomic E-state index is 13.0. The fraction of sp³-hybridized carbons (Fsp3) is 0.222. The highest BCUT2D eigenvalue weighted by molar-refractivity contribution is 7.91. The van der Waals surface area contributed by atoms with Gasteiger partial charge in [-0.25, -0.2) is 22.8 Å². The van der Waals surface area contributed by atoms with Crippen molar-refractivity contribution in [1.82, 2.24) is 10.2 Å². The van der Waals surface area contributed by atoms with Crippen molar-refractivity contribution >= 4 is 45.2 Å². The molecule has 0 aliphatic heterocycles. The van der Waals surface area contributed by atoms with Gasteiger partial charge in [-0.1, -0.05) is 67.6 Å². The molecule has 50 heavy (non-hydrogen) atoms. The maximum absolute atomic E-state index is 13.0. The van der Waals surface area contributed by atoms with E-state index in [1.54, 1.807) is 43.4 Å².